The van der Waals surface area contributed by atoms with E-state index in [1.165, 1.54) is 6.42 Å². The zero-order valence-electron chi connectivity index (χ0n) is 15.0. The fraction of sp³-hybridized carbons (Fsp3) is 0.941. The van der Waals surface area contributed by atoms with Gasteiger partial charge in [-0.15, -0.1) is 0 Å². The van der Waals surface area contributed by atoms with E-state index in [1.807, 2.05) is 25.7 Å². The maximum atomic E-state index is 12.5. The highest BCUT2D eigenvalue weighted by atomic mass is 16.6. The van der Waals surface area contributed by atoms with Gasteiger partial charge in [-0.25, -0.2) is 4.79 Å². The highest BCUT2D eigenvalue weighted by Crippen LogP contribution is 2.30. The van der Waals surface area contributed by atoms with Crippen LogP contribution in [0.2, 0.25) is 0 Å². The van der Waals surface area contributed by atoms with E-state index in [9.17, 15) is 4.79 Å². The molecule has 0 aliphatic carbocycles. The summed E-state index contributed by atoms with van der Waals surface area (Å²) in [6, 6.07) is 0.261. The lowest BCUT2D eigenvalue weighted by Crippen LogP contribution is -2.44. The predicted octanol–water partition coefficient (Wildman–Crippen LogP) is 3.61. The fourth-order valence-corrected chi connectivity index (χ4v) is 3.29. The Bertz CT molecular complexity index is 336. The summed E-state index contributed by atoms with van der Waals surface area (Å²) in [6.45, 7) is 12.1. The average Bonchev–Trinajstić information content (AvgIpc) is 2.46. The minimum Gasteiger partial charge on any atom is -0.444 e. The smallest absolute Gasteiger partial charge is 0.410 e. The first-order valence-corrected chi connectivity index (χ1v) is 8.28. The van der Waals surface area contributed by atoms with Crippen LogP contribution < -0.4 is 0 Å². The van der Waals surface area contributed by atoms with Crippen LogP contribution in [0.3, 0.4) is 0 Å². The molecule has 0 aromatic rings. The quantitative estimate of drug-likeness (QED) is 0.798. The molecule has 0 spiro atoms. The van der Waals surface area contributed by atoms with Crippen molar-refractivity contribution in [1.29, 1.82) is 0 Å². The van der Waals surface area contributed by atoms with Crippen LogP contribution in [0.4, 0.5) is 4.79 Å². The number of amides is 1. The lowest BCUT2D eigenvalue weighted by molar-refractivity contribution is 0.0136. The van der Waals surface area contributed by atoms with Crippen LogP contribution in [-0.4, -0.2) is 54.7 Å². The second-order valence-electron chi connectivity index (χ2n) is 7.74. The molecular formula is C17H34N2O2. The van der Waals surface area contributed by atoms with Gasteiger partial charge in [0.2, 0.25) is 0 Å². The van der Waals surface area contributed by atoms with Crippen molar-refractivity contribution >= 4 is 6.09 Å². The first kappa shape index (κ1) is 18.3. The van der Waals surface area contributed by atoms with Crippen molar-refractivity contribution in [3.63, 3.8) is 0 Å². The van der Waals surface area contributed by atoms with Crippen LogP contribution in [-0.2, 0) is 4.74 Å². The Morgan fingerprint density at radius 3 is 2.43 bits per heavy atom. The van der Waals surface area contributed by atoms with Crippen molar-refractivity contribution in [2.75, 3.05) is 27.2 Å². The molecule has 1 fully saturated rings. The molecule has 4 heteroatoms. The summed E-state index contributed by atoms with van der Waals surface area (Å²) in [4.78, 5) is 16.7. The van der Waals surface area contributed by atoms with E-state index < -0.39 is 5.60 Å². The standard InChI is InChI=1S/C17H34N2O2/c1-8-15-11-14(12-18(6)7)9-10-19(13(15)2)16(20)21-17(3,4)5/h13-15H,8-12H2,1-7H3. The molecule has 3 atom stereocenters. The van der Waals surface area contributed by atoms with Gasteiger partial charge < -0.3 is 14.5 Å². The summed E-state index contributed by atoms with van der Waals surface area (Å²) < 4.78 is 5.59. The number of carbonyl (C=O) groups excluding carboxylic acids is 1. The fourth-order valence-electron chi connectivity index (χ4n) is 3.29. The number of likely N-dealkylation sites (tertiary alicyclic amines) is 1. The van der Waals surface area contributed by atoms with Gasteiger partial charge in [-0.3, -0.25) is 0 Å². The third-order valence-corrected chi connectivity index (χ3v) is 4.36. The number of hydrogen-bond donors (Lipinski definition) is 0. The molecule has 0 radical (unpaired) electrons. The molecule has 0 saturated carbocycles. The number of hydrogen-bond acceptors (Lipinski definition) is 3. The van der Waals surface area contributed by atoms with Gasteiger partial charge >= 0.3 is 6.09 Å². The van der Waals surface area contributed by atoms with Gasteiger partial charge in [-0.05, 0) is 66.5 Å². The molecule has 124 valence electrons. The molecule has 0 N–H and O–H groups in total. The van der Waals surface area contributed by atoms with Gasteiger partial charge in [0.05, 0.1) is 0 Å². The SMILES string of the molecule is CCC1CC(CN(C)C)CCN(C(=O)OC(C)(C)C)C1C. The van der Waals surface area contributed by atoms with Crippen molar-refractivity contribution in [1.82, 2.24) is 9.80 Å². The monoisotopic (exact) mass is 298 g/mol. The van der Waals surface area contributed by atoms with E-state index in [4.69, 9.17) is 4.74 Å². The molecule has 4 nitrogen and oxygen atoms in total. The molecule has 1 aliphatic heterocycles. The Kier molecular flexibility index (Phi) is 6.51. The van der Waals surface area contributed by atoms with Crippen LogP contribution in [0.1, 0.15) is 53.9 Å². The van der Waals surface area contributed by atoms with Crippen LogP contribution >= 0.6 is 0 Å². The molecule has 1 aliphatic rings. The normalized spacial score (nSPS) is 27.6. The summed E-state index contributed by atoms with van der Waals surface area (Å²) in [7, 11) is 4.25. The molecular weight excluding hydrogens is 264 g/mol. The Morgan fingerprint density at radius 2 is 1.95 bits per heavy atom. The zero-order chi connectivity index (χ0) is 16.2. The number of ether oxygens (including phenoxy) is 1. The highest BCUT2D eigenvalue weighted by Gasteiger charge is 2.34. The van der Waals surface area contributed by atoms with Crippen LogP contribution in [0.5, 0.6) is 0 Å². The minimum atomic E-state index is -0.423. The van der Waals surface area contributed by atoms with Crippen molar-refractivity contribution in [2.45, 2.75) is 65.5 Å². The number of rotatable bonds is 3. The minimum absolute atomic E-state index is 0.154. The summed E-state index contributed by atoms with van der Waals surface area (Å²) in [5.74, 6) is 1.23. The van der Waals surface area contributed by atoms with E-state index >= 15 is 0 Å². The number of nitrogens with zero attached hydrogens (tertiary/aromatic N) is 2. The van der Waals surface area contributed by atoms with E-state index in [0.717, 1.165) is 25.9 Å². The highest BCUT2D eigenvalue weighted by molar-refractivity contribution is 5.68. The lowest BCUT2D eigenvalue weighted by atomic mass is 9.87. The predicted molar refractivity (Wildman–Crippen MR) is 87.5 cm³/mol. The molecule has 0 aromatic heterocycles. The summed E-state index contributed by atoms with van der Waals surface area (Å²) >= 11 is 0. The molecule has 3 unspecified atom stereocenters. The maximum Gasteiger partial charge on any atom is 0.410 e. The first-order chi connectivity index (χ1) is 9.64. The molecule has 1 rings (SSSR count). The largest absolute Gasteiger partial charge is 0.444 e. The maximum absolute atomic E-state index is 12.5. The van der Waals surface area contributed by atoms with Crippen LogP contribution in [0.15, 0.2) is 0 Å². The van der Waals surface area contributed by atoms with Crippen molar-refractivity contribution < 1.29 is 9.53 Å². The van der Waals surface area contributed by atoms with Gasteiger partial charge in [0.15, 0.2) is 0 Å². The second kappa shape index (κ2) is 7.48. The van der Waals surface area contributed by atoms with Crippen molar-refractivity contribution in [3.05, 3.63) is 0 Å². The Labute approximate surface area is 130 Å². The molecule has 1 heterocycles. The van der Waals surface area contributed by atoms with Gasteiger partial charge in [0, 0.05) is 19.1 Å². The summed E-state index contributed by atoms with van der Waals surface area (Å²) in [5, 5.41) is 0. The third kappa shape index (κ3) is 5.85. The van der Waals surface area contributed by atoms with Crippen molar-refractivity contribution in [3.8, 4) is 0 Å². The van der Waals surface area contributed by atoms with Gasteiger partial charge in [-0.1, -0.05) is 13.3 Å². The molecule has 1 amide bonds. The van der Waals surface area contributed by atoms with E-state index in [1.54, 1.807) is 0 Å². The average molecular weight is 298 g/mol. The zero-order valence-corrected chi connectivity index (χ0v) is 15.0. The Hall–Kier alpha value is -0.770. The Balaban J connectivity index is 2.79. The number of carbonyl (C=O) groups is 1. The van der Waals surface area contributed by atoms with Gasteiger partial charge in [0.1, 0.15) is 5.60 Å². The molecule has 0 bridgehead atoms. The van der Waals surface area contributed by atoms with Crippen LogP contribution in [0, 0.1) is 11.8 Å². The molecule has 1 saturated heterocycles. The topological polar surface area (TPSA) is 32.8 Å². The van der Waals surface area contributed by atoms with Crippen molar-refractivity contribution in [2.24, 2.45) is 11.8 Å². The van der Waals surface area contributed by atoms with Gasteiger partial charge in [-0.2, -0.15) is 0 Å². The second-order valence-corrected chi connectivity index (χ2v) is 7.74. The van der Waals surface area contributed by atoms with Crippen LogP contribution in [0.25, 0.3) is 0 Å². The third-order valence-electron chi connectivity index (χ3n) is 4.36. The first-order valence-electron chi connectivity index (χ1n) is 8.28. The van der Waals surface area contributed by atoms with E-state index in [0.29, 0.717) is 11.8 Å². The summed E-state index contributed by atoms with van der Waals surface area (Å²) in [6.07, 6.45) is 3.23. The Morgan fingerprint density at radius 1 is 1.33 bits per heavy atom. The summed E-state index contributed by atoms with van der Waals surface area (Å²) in [5.41, 5.74) is -0.423. The molecule has 21 heavy (non-hydrogen) atoms. The lowest BCUT2D eigenvalue weighted by Gasteiger charge is -2.33. The molecule has 0 aromatic carbocycles. The van der Waals surface area contributed by atoms with E-state index in [-0.39, 0.29) is 12.1 Å². The van der Waals surface area contributed by atoms with E-state index in [2.05, 4.69) is 32.8 Å². The van der Waals surface area contributed by atoms with Gasteiger partial charge in [0.25, 0.3) is 0 Å².